The van der Waals surface area contributed by atoms with Crippen molar-refractivity contribution in [1.29, 1.82) is 0 Å². The lowest BCUT2D eigenvalue weighted by molar-refractivity contribution is -0.114. The number of aryl methyl sites for hydroxylation is 1. The summed E-state index contributed by atoms with van der Waals surface area (Å²) in [5.74, 6) is -0.134. The van der Waals surface area contributed by atoms with E-state index in [1.165, 1.54) is 13.0 Å². The van der Waals surface area contributed by atoms with Crippen LogP contribution in [0.1, 0.15) is 37.3 Å². The van der Waals surface area contributed by atoms with E-state index in [1.807, 2.05) is 37.3 Å². The van der Waals surface area contributed by atoms with Gasteiger partial charge in [-0.15, -0.1) is 0 Å². The first kappa shape index (κ1) is 19.1. The van der Waals surface area contributed by atoms with Crippen molar-refractivity contribution < 1.29 is 13.2 Å². The zero-order chi connectivity index (χ0) is 18.4. The fourth-order valence-corrected chi connectivity index (χ4v) is 4.03. The molecule has 0 aliphatic carbocycles. The van der Waals surface area contributed by atoms with E-state index in [2.05, 4.69) is 10.0 Å². The van der Waals surface area contributed by atoms with Crippen molar-refractivity contribution in [2.75, 3.05) is 11.9 Å². The van der Waals surface area contributed by atoms with Gasteiger partial charge < -0.3 is 5.32 Å². The molecule has 5 nitrogen and oxygen atoms in total. The maximum Gasteiger partial charge on any atom is 0.240 e. The highest BCUT2D eigenvalue weighted by Crippen LogP contribution is 2.22. The number of hydrogen-bond donors (Lipinski definition) is 2. The second kappa shape index (κ2) is 8.27. The van der Waals surface area contributed by atoms with Crippen molar-refractivity contribution >= 4 is 21.6 Å². The van der Waals surface area contributed by atoms with Gasteiger partial charge >= 0.3 is 0 Å². The van der Waals surface area contributed by atoms with Crippen molar-refractivity contribution in [2.45, 2.75) is 38.0 Å². The summed E-state index contributed by atoms with van der Waals surface area (Å²) in [6, 6.07) is 14.7. The van der Waals surface area contributed by atoms with Gasteiger partial charge in [0.15, 0.2) is 0 Å². The minimum Gasteiger partial charge on any atom is -0.326 e. The van der Waals surface area contributed by atoms with Gasteiger partial charge in [0, 0.05) is 19.2 Å². The summed E-state index contributed by atoms with van der Waals surface area (Å²) in [5, 5.41) is 2.62. The van der Waals surface area contributed by atoms with Gasteiger partial charge in [0.25, 0.3) is 0 Å². The monoisotopic (exact) mass is 360 g/mol. The van der Waals surface area contributed by atoms with Crippen molar-refractivity contribution in [1.82, 2.24) is 4.72 Å². The normalized spacial score (nSPS) is 12.6. The van der Waals surface area contributed by atoms with Gasteiger partial charge in [0.1, 0.15) is 0 Å². The lowest BCUT2D eigenvalue weighted by atomic mass is 9.97. The highest BCUT2D eigenvalue weighted by molar-refractivity contribution is 7.89. The van der Waals surface area contributed by atoms with E-state index in [0.717, 1.165) is 12.0 Å². The Morgan fingerprint density at radius 3 is 2.40 bits per heavy atom. The zero-order valence-corrected chi connectivity index (χ0v) is 15.6. The van der Waals surface area contributed by atoms with Gasteiger partial charge in [0.05, 0.1) is 4.90 Å². The number of amides is 1. The zero-order valence-electron chi connectivity index (χ0n) is 14.7. The summed E-state index contributed by atoms with van der Waals surface area (Å²) < 4.78 is 28.1. The van der Waals surface area contributed by atoms with Crippen molar-refractivity contribution in [3.05, 3.63) is 59.7 Å². The molecular weight excluding hydrogens is 336 g/mol. The van der Waals surface area contributed by atoms with Crippen LogP contribution in [0.2, 0.25) is 0 Å². The molecule has 1 unspecified atom stereocenters. The number of benzene rings is 2. The van der Waals surface area contributed by atoms with E-state index in [1.54, 1.807) is 19.1 Å². The van der Waals surface area contributed by atoms with Gasteiger partial charge in [-0.25, -0.2) is 13.1 Å². The molecule has 2 rings (SSSR count). The molecule has 0 aromatic heterocycles. The van der Waals surface area contributed by atoms with E-state index in [0.29, 0.717) is 17.8 Å². The van der Waals surface area contributed by atoms with Crippen LogP contribution in [0.3, 0.4) is 0 Å². The third-order valence-electron chi connectivity index (χ3n) is 4.08. The highest BCUT2D eigenvalue weighted by Gasteiger charge is 2.20. The average Bonchev–Trinajstić information content (AvgIpc) is 2.57. The van der Waals surface area contributed by atoms with E-state index in [9.17, 15) is 13.2 Å². The lowest BCUT2D eigenvalue weighted by Gasteiger charge is -2.17. The molecule has 6 heteroatoms. The standard InChI is InChI=1S/C19H24N2O3S/c1-4-16(17-8-6-5-7-9-17)13-20-25(23,24)19-12-18(21-15(3)22)11-10-14(19)2/h5-12,16,20H,4,13H2,1-3H3,(H,21,22). The number of rotatable bonds is 7. The molecule has 25 heavy (non-hydrogen) atoms. The largest absolute Gasteiger partial charge is 0.326 e. The van der Waals surface area contributed by atoms with Crippen LogP contribution < -0.4 is 10.0 Å². The summed E-state index contributed by atoms with van der Waals surface area (Å²) >= 11 is 0. The third-order valence-corrected chi connectivity index (χ3v) is 5.65. The molecule has 0 aliphatic rings. The Hall–Kier alpha value is -2.18. The molecule has 0 spiro atoms. The molecule has 134 valence electrons. The van der Waals surface area contributed by atoms with E-state index >= 15 is 0 Å². The minimum absolute atomic E-state index is 0.106. The highest BCUT2D eigenvalue weighted by atomic mass is 32.2. The Bertz CT molecular complexity index is 833. The van der Waals surface area contributed by atoms with E-state index in [-0.39, 0.29) is 16.7 Å². The second-order valence-corrected chi connectivity index (χ2v) is 7.76. The number of anilines is 1. The van der Waals surface area contributed by atoms with Crippen LogP contribution in [-0.2, 0) is 14.8 Å². The van der Waals surface area contributed by atoms with Crippen LogP contribution in [-0.4, -0.2) is 20.9 Å². The Balaban J connectivity index is 2.19. The Labute approximate surface area is 149 Å². The molecule has 0 radical (unpaired) electrons. The van der Waals surface area contributed by atoms with Crippen LogP contribution in [0.5, 0.6) is 0 Å². The van der Waals surface area contributed by atoms with Crippen molar-refractivity contribution in [2.24, 2.45) is 0 Å². The number of carbonyl (C=O) groups excluding carboxylic acids is 1. The predicted molar refractivity (Wildman–Crippen MR) is 100 cm³/mol. The van der Waals surface area contributed by atoms with Crippen molar-refractivity contribution in [3.8, 4) is 0 Å². The Kier molecular flexibility index (Phi) is 6.33. The minimum atomic E-state index is -3.66. The molecule has 0 heterocycles. The molecule has 0 bridgehead atoms. The molecule has 1 amide bonds. The van der Waals surface area contributed by atoms with Gasteiger partial charge in [-0.2, -0.15) is 0 Å². The molecule has 0 saturated heterocycles. The third kappa shape index (κ3) is 5.14. The first-order valence-electron chi connectivity index (χ1n) is 8.26. The summed E-state index contributed by atoms with van der Waals surface area (Å²) in [4.78, 5) is 11.4. The van der Waals surface area contributed by atoms with Gasteiger partial charge in [0.2, 0.25) is 15.9 Å². The Morgan fingerprint density at radius 2 is 1.80 bits per heavy atom. The summed E-state index contributed by atoms with van der Waals surface area (Å²) in [6.45, 7) is 5.49. The summed E-state index contributed by atoms with van der Waals surface area (Å²) in [5.41, 5.74) is 2.21. The summed E-state index contributed by atoms with van der Waals surface area (Å²) in [7, 11) is -3.66. The molecule has 0 aliphatic heterocycles. The van der Waals surface area contributed by atoms with Crippen LogP contribution in [0, 0.1) is 6.92 Å². The number of hydrogen-bond acceptors (Lipinski definition) is 3. The quantitative estimate of drug-likeness (QED) is 0.794. The second-order valence-electron chi connectivity index (χ2n) is 6.03. The number of sulfonamides is 1. The summed E-state index contributed by atoms with van der Waals surface area (Å²) in [6.07, 6.45) is 0.831. The topological polar surface area (TPSA) is 75.3 Å². The van der Waals surface area contributed by atoms with E-state index < -0.39 is 10.0 Å². The molecule has 1 atom stereocenters. The van der Waals surface area contributed by atoms with Crippen LogP contribution in [0.25, 0.3) is 0 Å². The Morgan fingerprint density at radius 1 is 1.12 bits per heavy atom. The maximum absolute atomic E-state index is 12.7. The maximum atomic E-state index is 12.7. The smallest absolute Gasteiger partial charge is 0.240 e. The van der Waals surface area contributed by atoms with Crippen LogP contribution in [0.4, 0.5) is 5.69 Å². The van der Waals surface area contributed by atoms with Crippen LogP contribution in [0.15, 0.2) is 53.4 Å². The molecule has 2 N–H and O–H groups in total. The molecule has 2 aromatic carbocycles. The predicted octanol–water partition coefficient (Wildman–Crippen LogP) is 3.43. The SMILES string of the molecule is CCC(CNS(=O)(=O)c1cc(NC(C)=O)ccc1C)c1ccccc1. The molecule has 0 fully saturated rings. The average molecular weight is 360 g/mol. The van der Waals surface area contributed by atoms with Gasteiger partial charge in [-0.05, 0) is 42.5 Å². The van der Waals surface area contributed by atoms with E-state index in [4.69, 9.17) is 0 Å². The molecule has 0 saturated carbocycles. The lowest BCUT2D eigenvalue weighted by Crippen LogP contribution is -2.29. The van der Waals surface area contributed by atoms with Gasteiger partial charge in [-0.1, -0.05) is 43.3 Å². The number of carbonyl (C=O) groups is 1. The molecular formula is C19H24N2O3S. The first-order chi connectivity index (χ1) is 11.8. The van der Waals surface area contributed by atoms with Crippen molar-refractivity contribution in [3.63, 3.8) is 0 Å². The fraction of sp³-hybridized carbons (Fsp3) is 0.316. The van der Waals surface area contributed by atoms with Gasteiger partial charge in [-0.3, -0.25) is 4.79 Å². The first-order valence-corrected chi connectivity index (χ1v) is 9.74. The number of nitrogens with one attached hydrogen (secondary N) is 2. The molecule has 2 aromatic rings. The fourth-order valence-electron chi connectivity index (χ4n) is 2.68. The van der Waals surface area contributed by atoms with Crippen LogP contribution >= 0.6 is 0 Å².